The third-order valence-corrected chi connectivity index (χ3v) is 4.52. The third kappa shape index (κ3) is 4.83. The van der Waals surface area contributed by atoms with Crippen molar-refractivity contribution in [3.63, 3.8) is 0 Å². The molecule has 2 aromatic carbocycles. The summed E-state index contributed by atoms with van der Waals surface area (Å²) >= 11 is 0. The van der Waals surface area contributed by atoms with E-state index in [4.69, 9.17) is 4.74 Å². The van der Waals surface area contributed by atoms with E-state index in [1.807, 2.05) is 68.6 Å². The summed E-state index contributed by atoms with van der Waals surface area (Å²) in [6.45, 7) is 3.25. The molecular weight excluding hydrogens is 312 g/mol. The van der Waals surface area contributed by atoms with Gasteiger partial charge in [0.15, 0.2) is 0 Å². The van der Waals surface area contributed by atoms with E-state index in [2.05, 4.69) is 10.2 Å². The Balaban J connectivity index is 1.63. The summed E-state index contributed by atoms with van der Waals surface area (Å²) in [5.41, 5.74) is 2.13. The Morgan fingerprint density at radius 1 is 1.16 bits per heavy atom. The van der Waals surface area contributed by atoms with Crippen LogP contribution < -0.4 is 10.1 Å². The zero-order chi connectivity index (χ0) is 17.6. The van der Waals surface area contributed by atoms with Crippen LogP contribution in [0, 0.1) is 6.92 Å². The van der Waals surface area contributed by atoms with Gasteiger partial charge in [0.1, 0.15) is 18.4 Å². The maximum Gasteiger partial charge on any atom is 0.242 e. The minimum Gasteiger partial charge on any atom is -0.492 e. The number of rotatable bonds is 8. The highest BCUT2D eigenvalue weighted by molar-refractivity contribution is 5.83. The lowest BCUT2D eigenvalue weighted by Crippen LogP contribution is -2.41. The number of ether oxygens (including phenoxy) is 1. The molecule has 4 heteroatoms. The van der Waals surface area contributed by atoms with Crippen LogP contribution in [-0.2, 0) is 4.79 Å². The number of hydrogen-bond acceptors (Lipinski definition) is 3. The van der Waals surface area contributed by atoms with Gasteiger partial charge in [-0.25, -0.2) is 0 Å². The van der Waals surface area contributed by atoms with Crippen molar-refractivity contribution in [3.05, 3.63) is 65.7 Å². The van der Waals surface area contributed by atoms with E-state index in [9.17, 15) is 4.79 Å². The van der Waals surface area contributed by atoms with E-state index in [0.717, 1.165) is 29.7 Å². The molecule has 3 rings (SSSR count). The van der Waals surface area contributed by atoms with Crippen molar-refractivity contribution in [1.82, 2.24) is 10.2 Å². The van der Waals surface area contributed by atoms with Gasteiger partial charge in [0.2, 0.25) is 5.91 Å². The summed E-state index contributed by atoms with van der Waals surface area (Å²) in [6.07, 6.45) is 2.18. The lowest BCUT2D eigenvalue weighted by molar-refractivity contribution is -0.126. The molecule has 4 nitrogen and oxygen atoms in total. The molecule has 1 aliphatic rings. The fraction of sp³-hybridized carbons (Fsp3) is 0.381. The highest BCUT2D eigenvalue weighted by Gasteiger charge is 2.30. The highest BCUT2D eigenvalue weighted by Crippen LogP contribution is 2.24. The van der Waals surface area contributed by atoms with Crippen molar-refractivity contribution in [2.45, 2.75) is 31.8 Å². The van der Waals surface area contributed by atoms with Gasteiger partial charge in [0.05, 0.1) is 0 Å². The number of carbonyl (C=O) groups excluding carboxylic acids is 1. The van der Waals surface area contributed by atoms with Gasteiger partial charge in [0.25, 0.3) is 0 Å². The van der Waals surface area contributed by atoms with Crippen molar-refractivity contribution < 1.29 is 9.53 Å². The Kier molecular flexibility index (Phi) is 5.71. The molecule has 25 heavy (non-hydrogen) atoms. The molecule has 0 aromatic heterocycles. The predicted molar refractivity (Wildman–Crippen MR) is 99.7 cm³/mol. The number of nitrogens with one attached hydrogen (secondary N) is 1. The number of amides is 1. The lowest BCUT2D eigenvalue weighted by Gasteiger charge is -2.27. The van der Waals surface area contributed by atoms with Crippen LogP contribution in [0.3, 0.4) is 0 Å². The van der Waals surface area contributed by atoms with Crippen molar-refractivity contribution in [1.29, 1.82) is 0 Å². The molecule has 1 atom stereocenters. The van der Waals surface area contributed by atoms with Gasteiger partial charge in [-0.3, -0.25) is 9.69 Å². The van der Waals surface area contributed by atoms with Crippen LogP contribution in [-0.4, -0.2) is 37.0 Å². The Morgan fingerprint density at radius 2 is 1.84 bits per heavy atom. The fourth-order valence-electron chi connectivity index (χ4n) is 2.90. The first-order chi connectivity index (χ1) is 12.1. The average molecular weight is 338 g/mol. The van der Waals surface area contributed by atoms with Crippen LogP contribution >= 0.6 is 0 Å². The van der Waals surface area contributed by atoms with E-state index in [-0.39, 0.29) is 11.9 Å². The molecule has 1 fully saturated rings. The quantitative estimate of drug-likeness (QED) is 0.803. The maximum atomic E-state index is 12.7. The molecule has 1 saturated carbocycles. The zero-order valence-electron chi connectivity index (χ0n) is 14.9. The minimum absolute atomic E-state index is 0.0760. The third-order valence-electron chi connectivity index (χ3n) is 4.52. The van der Waals surface area contributed by atoms with Crippen molar-refractivity contribution in [3.8, 4) is 5.75 Å². The molecule has 0 radical (unpaired) electrons. The van der Waals surface area contributed by atoms with Gasteiger partial charge in [-0.15, -0.1) is 0 Å². The molecular formula is C21H26N2O2. The van der Waals surface area contributed by atoms with E-state index >= 15 is 0 Å². The zero-order valence-corrected chi connectivity index (χ0v) is 14.9. The van der Waals surface area contributed by atoms with Crippen LogP contribution in [0.1, 0.15) is 30.0 Å². The number of carbonyl (C=O) groups is 1. The highest BCUT2D eigenvalue weighted by atomic mass is 16.5. The summed E-state index contributed by atoms with van der Waals surface area (Å²) in [4.78, 5) is 14.8. The lowest BCUT2D eigenvalue weighted by atomic mass is 10.0. The molecule has 132 valence electrons. The number of nitrogens with zero attached hydrogens (tertiary/aromatic N) is 1. The van der Waals surface area contributed by atoms with Crippen LogP contribution in [0.15, 0.2) is 54.6 Å². The van der Waals surface area contributed by atoms with Gasteiger partial charge in [0, 0.05) is 12.6 Å². The smallest absolute Gasteiger partial charge is 0.242 e. The van der Waals surface area contributed by atoms with Gasteiger partial charge in [-0.05, 0) is 44.0 Å². The first-order valence-corrected chi connectivity index (χ1v) is 8.89. The maximum absolute atomic E-state index is 12.7. The fourth-order valence-corrected chi connectivity index (χ4v) is 2.90. The summed E-state index contributed by atoms with van der Waals surface area (Å²) in [7, 11) is 1.98. The number of para-hydroxylation sites is 1. The molecule has 1 aliphatic carbocycles. The molecule has 0 heterocycles. The average Bonchev–Trinajstić information content (AvgIpc) is 3.42. The minimum atomic E-state index is -0.290. The van der Waals surface area contributed by atoms with Crippen LogP contribution in [0.2, 0.25) is 0 Å². The summed E-state index contributed by atoms with van der Waals surface area (Å²) in [5, 5.41) is 3.13. The second-order valence-corrected chi connectivity index (χ2v) is 6.69. The Morgan fingerprint density at radius 3 is 2.52 bits per heavy atom. The molecule has 0 bridgehead atoms. The molecule has 0 aliphatic heterocycles. The Labute approximate surface area is 149 Å². The van der Waals surface area contributed by atoms with Crippen molar-refractivity contribution in [2.24, 2.45) is 0 Å². The molecule has 0 saturated heterocycles. The number of hydrogen-bond donors (Lipinski definition) is 1. The monoisotopic (exact) mass is 338 g/mol. The second kappa shape index (κ2) is 8.17. The number of aryl methyl sites for hydroxylation is 1. The first kappa shape index (κ1) is 17.5. The summed E-state index contributed by atoms with van der Waals surface area (Å²) in [5.74, 6) is 0.974. The molecule has 0 spiro atoms. The van der Waals surface area contributed by atoms with Gasteiger partial charge < -0.3 is 10.1 Å². The summed E-state index contributed by atoms with van der Waals surface area (Å²) < 4.78 is 5.89. The Bertz CT molecular complexity index is 698. The van der Waals surface area contributed by atoms with E-state index in [0.29, 0.717) is 19.2 Å². The predicted octanol–water partition coefficient (Wildman–Crippen LogP) is 3.33. The van der Waals surface area contributed by atoms with E-state index in [1.165, 1.54) is 0 Å². The van der Waals surface area contributed by atoms with E-state index in [1.54, 1.807) is 0 Å². The van der Waals surface area contributed by atoms with Gasteiger partial charge >= 0.3 is 0 Å². The largest absolute Gasteiger partial charge is 0.492 e. The Hall–Kier alpha value is -2.33. The molecule has 1 N–H and O–H groups in total. The first-order valence-electron chi connectivity index (χ1n) is 8.89. The number of benzene rings is 2. The second-order valence-electron chi connectivity index (χ2n) is 6.69. The SMILES string of the molecule is Cc1ccccc1OCCN(C)C(C(=O)NC1CC1)c1ccccc1. The normalized spacial score (nSPS) is 15.0. The molecule has 1 unspecified atom stereocenters. The topological polar surface area (TPSA) is 41.6 Å². The number of likely N-dealkylation sites (N-methyl/N-ethyl adjacent to an activating group) is 1. The van der Waals surface area contributed by atoms with Crippen molar-refractivity contribution in [2.75, 3.05) is 20.2 Å². The molecule has 2 aromatic rings. The van der Waals surface area contributed by atoms with Crippen molar-refractivity contribution >= 4 is 5.91 Å². The van der Waals surface area contributed by atoms with Crippen LogP contribution in [0.5, 0.6) is 5.75 Å². The van der Waals surface area contributed by atoms with Crippen LogP contribution in [0.4, 0.5) is 0 Å². The van der Waals surface area contributed by atoms with Gasteiger partial charge in [-0.1, -0.05) is 48.5 Å². The standard InChI is InChI=1S/C21H26N2O2/c1-16-8-6-7-11-19(16)25-15-14-23(2)20(17-9-4-3-5-10-17)21(24)22-18-12-13-18/h3-11,18,20H,12-15H2,1-2H3,(H,22,24). The van der Waals surface area contributed by atoms with Gasteiger partial charge in [-0.2, -0.15) is 0 Å². The van der Waals surface area contributed by atoms with Crippen LogP contribution in [0.25, 0.3) is 0 Å². The summed E-state index contributed by atoms with van der Waals surface area (Å²) in [6, 6.07) is 18.0. The molecule has 1 amide bonds. The van der Waals surface area contributed by atoms with E-state index < -0.39 is 0 Å².